The number of esters is 2. The van der Waals surface area contributed by atoms with Crippen LogP contribution in [0.15, 0.2) is 91.0 Å². The summed E-state index contributed by atoms with van der Waals surface area (Å²) >= 11 is 0. The Labute approximate surface area is 332 Å². The fourth-order valence-corrected chi connectivity index (χ4v) is 6.46. The van der Waals surface area contributed by atoms with Gasteiger partial charge in [0.25, 0.3) is 7.82 Å². The smallest absolute Gasteiger partial charge is 0.306 e. The fourth-order valence-electron chi connectivity index (χ4n) is 5.73. The summed E-state index contributed by atoms with van der Waals surface area (Å²) in [6.45, 7) is 1.81. The zero-order chi connectivity index (χ0) is 40.0. The summed E-state index contributed by atoms with van der Waals surface area (Å²) in [6, 6.07) is 20.3. The minimum absolute atomic E-state index is 0.0535. The van der Waals surface area contributed by atoms with Gasteiger partial charge in [0.2, 0.25) is 0 Å². The normalized spacial score (nSPS) is 13.5. The number of rotatable bonds is 31. The molecule has 0 saturated heterocycles. The van der Waals surface area contributed by atoms with E-state index >= 15 is 0 Å². The molecule has 2 atom stereocenters. The first-order chi connectivity index (χ1) is 26.5. The van der Waals surface area contributed by atoms with Gasteiger partial charge in [-0.3, -0.25) is 14.2 Å². The minimum Gasteiger partial charge on any atom is -0.756 e. The Hall–Kier alpha value is -3.33. The average molecular weight is 782 g/mol. The maximum atomic E-state index is 12.7. The molecular formula is C45H68NO8P. The van der Waals surface area contributed by atoms with Gasteiger partial charge >= 0.3 is 11.9 Å². The number of carbonyl (C=O) groups excluding carboxylic acids is 2. The molecule has 2 aromatic carbocycles. The van der Waals surface area contributed by atoms with Gasteiger partial charge < -0.3 is 27.9 Å². The Morgan fingerprint density at radius 2 is 1.24 bits per heavy atom. The molecule has 0 fully saturated rings. The molecule has 0 aliphatic rings. The zero-order valence-corrected chi connectivity index (χ0v) is 34.9. The van der Waals surface area contributed by atoms with Crippen LogP contribution in [-0.4, -0.2) is 70.0 Å². The topological polar surface area (TPSA) is 111 Å². The number of ether oxygens (including phenoxy) is 2. The van der Waals surface area contributed by atoms with E-state index in [9.17, 15) is 19.0 Å². The lowest BCUT2D eigenvalue weighted by Crippen LogP contribution is -2.37. The number of benzene rings is 2. The van der Waals surface area contributed by atoms with Crippen molar-refractivity contribution in [3.05, 3.63) is 102 Å². The molecule has 2 aromatic rings. The fraction of sp³-hybridized carbons (Fsp3) is 0.556. The molecule has 0 radical (unpaired) electrons. The van der Waals surface area contributed by atoms with Gasteiger partial charge in [-0.2, -0.15) is 0 Å². The van der Waals surface area contributed by atoms with Crippen LogP contribution in [0, 0.1) is 0 Å². The highest BCUT2D eigenvalue weighted by atomic mass is 31.2. The van der Waals surface area contributed by atoms with Crippen LogP contribution in [0.2, 0.25) is 0 Å². The molecule has 0 saturated carbocycles. The van der Waals surface area contributed by atoms with E-state index in [0.717, 1.165) is 36.0 Å². The van der Waals surface area contributed by atoms with Gasteiger partial charge in [0.05, 0.1) is 27.7 Å². The molecule has 55 heavy (non-hydrogen) atoms. The summed E-state index contributed by atoms with van der Waals surface area (Å²) in [4.78, 5) is 37.7. The van der Waals surface area contributed by atoms with Gasteiger partial charge in [0.1, 0.15) is 19.8 Å². The first kappa shape index (κ1) is 47.8. The Morgan fingerprint density at radius 1 is 0.691 bits per heavy atom. The number of phosphoric acid groups is 1. The Kier molecular flexibility index (Phi) is 25.2. The minimum atomic E-state index is -4.67. The number of carbonyl (C=O) groups is 2. The Morgan fingerprint density at radius 3 is 1.78 bits per heavy atom. The SMILES string of the molecule is CCCCCCCCCCCCCCCC(=O)OC[C@H](COP(=O)([O-])OCC[N+](C)(C)C)OC(=O)CCC=CC=CC=C(c1ccccc1)c1ccccc1. The predicted octanol–water partition coefficient (Wildman–Crippen LogP) is 10.2. The van der Waals surface area contributed by atoms with Crippen molar-refractivity contribution in [3.63, 3.8) is 0 Å². The van der Waals surface area contributed by atoms with Crippen LogP contribution in [0.3, 0.4) is 0 Å². The van der Waals surface area contributed by atoms with Crippen molar-refractivity contribution in [1.82, 2.24) is 0 Å². The standard InChI is InChI=1S/C45H68NO8P/c1-5-6-7-8-9-10-11-12-13-14-15-18-27-34-44(47)51-38-42(39-53-55(49,50)52-37-36-46(2,3)4)54-45(48)35-28-19-16-17-26-33-43(40-29-22-20-23-30-40)41-31-24-21-25-32-41/h16-17,19-26,29-33,42H,5-15,18,27-28,34-39H2,1-4H3/t42-/m1/s1. The molecule has 0 N–H and O–H groups in total. The largest absolute Gasteiger partial charge is 0.756 e. The molecule has 0 heterocycles. The molecule has 0 spiro atoms. The number of allylic oxidation sites excluding steroid dienone is 5. The summed E-state index contributed by atoms with van der Waals surface area (Å²) < 4.78 is 33.9. The third-order valence-corrected chi connectivity index (χ3v) is 9.91. The maximum Gasteiger partial charge on any atom is 0.306 e. The van der Waals surface area contributed by atoms with Crippen LogP contribution in [0.4, 0.5) is 0 Å². The highest BCUT2D eigenvalue weighted by Gasteiger charge is 2.21. The Bertz CT molecular complexity index is 1410. The molecule has 2 rings (SSSR count). The molecule has 0 amide bonds. The van der Waals surface area contributed by atoms with Crippen molar-refractivity contribution in [1.29, 1.82) is 0 Å². The quantitative estimate of drug-likeness (QED) is 0.0244. The van der Waals surface area contributed by atoms with Crippen LogP contribution in [-0.2, 0) is 32.7 Å². The molecular weight excluding hydrogens is 713 g/mol. The van der Waals surface area contributed by atoms with Gasteiger partial charge in [0, 0.05) is 12.8 Å². The van der Waals surface area contributed by atoms with E-state index in [-0.39, 0.29) is 26.1 Å². The van der Waals surface area contributed by atoms with E-state index in [1.165, 1.54) is 57.8 Å². The van der Waals surface area contributed by atoms with Gasteiger partial charge in [-0.25, -0.2) is 0 Å². The molecule has 0 aromatic heterocycles. The van der Waals surface area contributed by atoms with Crippen LogP contribution in [0.25, 0.3) is 5.57 Å². The third-order valence-electron chi connectivity index (χ3n) is 8.95. The van der Waals surface area contributed by atoms with Crippen molar-refractivity contribution in [2.24, 2.45) is 0 Å². The van der Waals surface area contributed by atoms with Gasteiger partial charge in [-0.05, 0) is 29.5 Å². The summed E-state index contributed by atoms with van der Waals surface area (Å²) in [5.41, 5.74) is 3.31. The number of likely N-dealkylation sites (N-methyl/N-ethyl adjacent to an activating group) is 1. The summed E-state index contributed by atoms with van der Waals surface area (Å²) in [7, 11) is 1.08. The van der Waals surface area contributed by atoms with Crippen molar-refractivity contribution < 1.29 is 42.1 Å². The van der Waals surface area contributed by atoms with E-state index in [1.54, 1.807) is 0 Å². The highest BCUT2D eigenvalue weighted by Crippen LogP contribution is 2.38. The molecule has 0 aliphatic heterocycles. The van der Waals surface area contributed by atoms with Gasteiger partial charge in [-0.15, -0.1) is 0 Å². The summed E-state index contributed by atoms with van der Waals surface area (Å²) in [5.74, 6) is -0.975. The maximum absolute atomic E-state index is 12.7. The lowest BCUT2D eigenvalue weighted by atomic mass is 9.97. The molecule has 0 bridgehead atoms. The van der Waals surface area contributed by atoms with Crippen molar-refractivity contribution >= 4 is 25.3 Å². The van der Waals surface area contributed by atoms with Crippen molar-refractivity contribution in [2.45, 2.75) is 116 Å². The van der Waals surface area contributed by atoms with E-state index in [2.05, 4.69) is 37.3 Å². The van der Waals surface area contributed by atoms with Gasteiger partial charge in [0.15, 0.2) is 6.10 Å². The molecule has 10 heteroatoms. The predicted molar refractivity (Wildman–Crippen MR) is 221 cm³/mol. The van der Waals surface area contributed by atoms with Crippen molar-refractivity contribution in [2.75, 3.05) is 47.5 Å². The van der Waals surface area contributed by atoms with Crippen LogP contribution < -0.4 is 4.89 Å². The third kappa shape index (κ3) is 25.5. The average Bonchev–Trinajstić information content (AvgIpc) is 3.15. The second-order valence-corrected chi connectivity index (χ2v) is 16.5. The first-order valence-corrected chi connectivity index (χ1v) is 21.8. The first-order valence-electron chi connectivity index (χ1n) is 20.4. The van der Waals surface area contributed by atoms with E-state index in [4.69, 9.17) is 18.5 Å². The number of nitrogens with zero attached hydrogens (tertiary/aromatic N) is 1. The van der Waals surface area contributed by atoms with Crippen LogP contribution in [0.1, 0.15) is 121 Å². The van der Waals surface area contributed by atoms with E-state index in [1.807, 2.05) is 81.8 Å². The highest BCUT2D eigenvalue weighted by molar-refractivity contribution is 7.45. The van der Waals surface area contributed by atoms with Crippen LogP contribution in [0.5, 0.6) is 0 Å². The molecule has 9 nitrogen and oxygen atoms in total. The lowest BCUT2D eigenvalue weighted by Gasteiger charge is -2.28. The monoisotopic (exact) mass is 781 g/mol. The van der Waals surface area contributed by atoms with Crippen molar-refractivity contribution in [3.8, 4) is 0 Å². The zero-order valence-electron chi connectivity index (χ0n) is 34.0. The number of unbranched alkanes of at least 4 members (excludes halogenated alkanes) is 12. The van der Waals surface area contributed by atoms with Gasteiger partial charge in [-0.1, -0.05) is 175 Å². The number of hydrogen-bond donors (Lipinski definition) is 0. The number of quaternary nitrogens is 1. The second-order valence-electron chi connectivity index (χ2n) is 15.0. The Balaban J connectivity index is 1.80. The van der Waals surface area contributed by atoms with E-state index in [0.29, 0.717) is 23.9 Å². The molecule has 0 aliphatic carbocycles. The van der Waals surface area contributed by atoms with Crippen LogP contribution >= 0.6 is 7.82 Å². The number of hydrogen-bond acceptors (Lipinski definition) is 8. The number of phosphoric ester groups is 1. The summed E-state index contributed by atoms with van der Waals surface area (Å²) in [5, 5.41) is 0. The second kappa shape index (κ2) is 29.0. The molecule has 1 unspecified atom stereocenters. The van der Waals surface area contributed by atoms with E-state index < -0.39 is 32.5 Å². The lowest BCUT2D eigenvalue weighted by molar-refractivity contribution is -0.870. The molecule has 306 valence electrons. The summed E-state index contributed by atoms with van der Waals surface area (Å²) in [6.07, 6.45) is 24.9.